The normalized spacial score (nSPS) is 9.21. The average Bonchev–Trinajstić information content (AvgIpc) is 2.18. The minimum Gasteiger partial charge on any atom is -0.341 e. The molecule has 1 aromatic carbocycles. The number of rotatable bonds is 2. The highest BCUT2D eigenvalue weighted by Gasteiger charge is 2.08. The van der Waals surface area contributed by atoms with Crippen LogP contribution in [-0.2, 0) is 0 Å². The molecule has 0 aromatic heterocycles. The molecule has 1 N–H and O–H groups in total. The number of carbonyl (C=O) groups is 1. The first-order valence-electron chi connectivity index (χ1n) is 3.82. The van der Waals surface area contributed by atoms with Crippen molar-refractivity contribution < 1.29 is 4.79 Å². The second kappa shape index (κ2) is 5.37. The van der Waals surface area contributed by atoms with Crippen molar-refractivity contribution in [3.63, 3.8) is 0 Å². The first-order chi connectivity index (χ1) is 6.65. The van der Waals surface area contributed by atoms with Gasteiger partial charge in [0, 0.05) is 8.04 Å². The third kappa shape index (κ3) is 3.00. The maximum absolute atomic E-state index is 11.5. The lowest BCUT2D eigenvalue weighted by molar-refractivity contribution is 0.0958. The van der Waals surface area contributed by atoms with Crippen molar-refractivity contribution in [3.05, 3.63) is 31.8 Å². The Balaban J connectivity index is 2.90. The summed E-state index contributed by atoms with van der Waals surface area (Å²) < 4.78 is 1.78. The van der Waals surface area contributed by atoms with Crippen LogP contribution in [0.4, 0.5) is 0 Å². The van der Waals surface area contributed by atoms with Crippen LogP contribution in [0.25, 0.3) is 0 Å². The molecule has 1 aromatic rings. The second-order valence-corrected chi connectivity index (χ2v) is 4.59. The highest BCUT2D eigenvalue weighted by Crippen LogP contribution is 2.18. The van der Waals surface area contributed by atoms with Crippen LogP contribution < -0.4 is 5.32 Å². The smallest absolute Gasteiger partial charge is 0.253 e. The molecule has 0 atom stereocenters. The van der Waals surface area contributed by atoms with Crippen molar-refractivity contribution in [2.75, 3.05) is 6.54 Å². The summed E-state index contributed by atoms with van der Waals surface area (Å²) in [5, 5.41) is 2.62. The number of hydrogen-bond acceptors (Lipinski definition) is 1. The fourth-order valence-corrected chi connectivity index (χ4v) is 1.84. The van der Waals surface area contributed by atoms with Gasteiger partial charge in [-0.25, -0.2) is 0 Å². The Kier molecular flexibility index (Phi) is 4.42. The van der Waals surface area contributed by atoms with Gasteiger partial charge in [0.2, 0.25) is 0 Å². The van der Waals surface area contributed by atoms with Gasteiger partial charge in [-0.3, -0.25) is 4.79 Å². The van der Waals surface area contributed by atoms with E-state index in [1.54, 1.807) is 6.07 Å². The molecule has 0 aliphatic rings. The molecule has 1 amide bonds. The van der Waals surface area contributed by atoms with Gasteiger partial charge in [0.05, 0.1) is 12.1 Å². The van der Waals surface area contributed by atoms with Crippen molar-refractivity contribution in [1.29, 1.82) is 0 Å². The van der Waals surface area contributed by atoms with Gasteiger partial charge in [0.15, 0.2) is 0 Å². The van der Waals surface area contributed by atoms with Crippen molar-refractivity contribution in [2.24, 2.45) is 0 Å². The van der Waals surface area contributed by atoms with Crippen LogP contribution in [0.2, 0.25) is 0 Å². The number of terminal acetylenes is 1. The van der Waals surface area contributed by atoms with Crippen LogP contribution in [0.15, 0.2) is 22.7 Å². The summed E-state index contributed by atoms with van der Waals surface area (Å²) in [6.07, 6.45) is 5.05. The van der Waals surface area contributed by atoms with Gasteiger partial charge in [0.25, 0.3) is 5.91 Å². The Morgan fingerprint density at radius 1 is 1.64 bits per heavy atom. The molecule has 0 saturated carbocycles. The second-order valence-electron chi connectivity index (χ2n) is 2.51. The predicted octanol–water partition coefficient (Wildman–Crippen LogP) is 2.42. The van der Waals surface area contributed by atoms with E-state index in [9.17, 15) is 4.79 Å². The number of amides is 1. The third-order valence-electron chi connectivity index (χ3n) is 1.52. The summed E-state index contributed by atoms with van der Waals surface area (Å²) in [5.74, 6) is 2.21. The quantitative estimate of drug-likeness (QED) is 0.634. The number of benzene rings is 1. The molecule has 1 rings (SSSR count). The lowest BCUT2D eigenvalue weighted by Crippen LogP contribution is -2.24. The van der Waals surface area contributed by atoms with Crippen LogP contribution in [0.1, 0.15) is 10.4 Å². The van der Waals surface area contributed by atoms with Crippen molar-refractivity contribution in [3.8, 4) is 12.3 Å². The van der Waals surface area contributed by atoms with Gasteiger partial charge < -0.3 is 5.32 Å². The standard InChI is InChI=1S/C10H7BrINO/c1-2-5-13-10(14)8-6-7(11)3-4-9(8)12/h1,3-4,6H,5H2,(H,13,14). The summed E-state index contributed by atoms with van der Waals surface area (Å²) in [6, 6.07) is 5.53. The van der Waals surface area contributed by atoms with E-state index in [1.807, 2.05) is 12.1 Å². The molecule has 0 unspecified atom stereocenters. The molecule has 14 heavy (non-hydrogen) atoms. The van der Waals surface area contributed by atoms with Gasteiger partial charge in [-0.1, -0.05) is 21.9 Å². The van der Waals surface area contributed by atoms with Gasteiger partial charge >= 0.3 is 0 Å². The lowest BCUT2D eigenvalue weighted by atomic mass is 10.2. The van der Waals surface area contributed by atoms with Crippen LogP contribution >= 0.6 is 38.5 Å². The highest BCUT2D eigenvalue weighted by atomic mass is 127. The van der Waals surface area contributed by atoms with E-state index < -0.39 is 0 Å². The fourth-order valence-electron chi connectivity index (χ4n) is 0.898. The average molecular weight is 364 g/mol. The van der Waals surface area contributed by atoms with Crippen molar-refractivity contribution in [1.82, 2.24) is 5.32 Å². The molecule has 72 valence electrons. The summed E-state index contributed by atoms with van der Waals surface area (Å²) in [4.78, 5) is 11.5. The largest absolute Gasteiger partial charge is 0.341 e. The SMILES string of the molecule is C#CCNC(=O)c1cc(Br)ccc1I. The molecule has 0 heterocycles. The zero-order chi connectivity index (χ0) is 10.6. The van der Waals surface area contributed by atoms with E-state index in [1.165, 1.54) is 0 Å². The summed E-state index contributed by atoms with van der Waals surface area (Å²) in [5.41, 5.74) is 0.634. The molecule has 0 spiro atoms. The van der Waals surface area contributed by atoms with Crippen LogP contribution in [0.5, 0.6) is 0 Å². The zero-order valence-electron chi connectivity index (χ0n) is 7.18. The number of hydrogen-bond donors (Lipinski definition) is 1. The first-order valence-corrected chi connectivity index (χ1v) is 5.69. The fraction of sp³-hybridized carbons (Fsp3) is 0.100. The van der Waals surface area contributed by atoms with Gasteiger partial charge in [-0.15, -0.1) is 6.42 Å². The number of halogens is 2. The molecular weight excluding hydrogens is 357 g/mol. The van der Waals surface area contributed by atoms with E-state index >= 15 is 0 Å². The zero-order valence-corrected chi connectivity index (χ0v) is 10.9. The molecule has 0 aliphatic heterocycles. The molecule has 2 nitrogen and oxygen atoms in total. The minimum atomic E-state index is -0.145. The van der Waals surface area contributed by atoms with Gasteiger partial charge in [-0.2, -0.15) is 0 Å². The topological polar surface area (TPSA) is 29.1 Å². The molecular formula is C10H7BrINO. The molecule has 4 heteroatoms. The summed E-state index contributed by atoms with van der Waals surface area (Å²) >= 11 is 5.42. The number of carbonyl (C=O) groups excluding carboxylic acids is 1. The molecule has 0 aliphatic carbocycles. The van der Waals surface area contributed by atoms with E-state index in [0.29, 0.717) is 5.56 Å². The van der Waals surface area contributed by atoms with E-state index in [2.05, 4.69) is 49.8 Å². The van der Waals surface area contributed by atoms with Crippen LogP contribution in [-0.4, -0.2) is 12.5 Å². The predicted molar refractivity (Wildman–Crippen MR) is 68.0 cm³/mol. The molecule has 0 radical (unpaired) electrons. The molecule has 0 saturated heterocycles. The van der Waals surface area contributed by atoms with Crippen molar-refractivity contribution >= 4 is 44.4 Å². The van der Waals surface area contributed by atoms with E-state index in [0.717, 1.165) is 8.04 Å². The highest BCUT2D eigenvalue weighted by molar-refractivity contribution is 14.1. The first kappa shape index (κ1) is 11.5. The van der Waals surface area contributed by atoms with E-state index in [4.69, 9.17) is 6.42 Å². The van der Waals surface area contributed by atoms with Crippen molar-refractivity contribution in [2.45, 2.75) is 0 Å². The Bertz CT molecular complexity index is 398. The Morgan fingerprint density at radius 2 is 2.36 bits per heavy atom. The maximum Gasteiger partial charge on any atom is 0.253 e. The lowest BCUT2D eigenvalue weighted by Gasteiger charge is -2.04. The number of nitrogens with one attached hydrogen (secondary N) is 1. The molecule has 0 bridgehead atoms. The van der Waals surface area contributed by atoms with E-state index in [-0.39, 0.29) is 12.5 Å². The third-order valence-corrected chi connectivity index (χ3v) is 2.96. The maximum atomic E-state index is 11.5. The minimum absolute atomic E-state index is 0.145. The summed E-state index contributed by atoms with van der Waals surface area (Å²) in [6.45, 7) is 0.251. The Morgan fingerprint density at radius 3 is 3.00 bits per heavy atom. The van der Waals surface area contributed by atoms with Crippen LogP contribution in [0, 0.1) is 15.9 Å². The van der Waals surface area contributed by atoms with Gasteiger partial charge in [0.1, 0.15) is 0 Å². The Labute approximate surface area is 105 Å². The van der Waals surface area contributed by atoms with Gasteiger partial charge in [-0.05, 0) is 40.8 Å². The van der Waals surface area contributed by atoms with Crippen LogP contribution in [0.3, 0.4) is 0 Å². The Hall–Kier alpha value is -0.540. The monoisotopic (exact) mass is 363 g/mol. The summed E-state index contributed by atoms with van der Waals surface area (Å²) in [7, 11) is 0. The molecule has 0 fully saturated rings.